The van der Waals surface area contributed by atoms with Crippen LogP contribution in [0.3, 0.4) is 0 Å². The van der Waals surface area contributed by atoms with Crippen molar-refractivity contribution in [1.29, 1.82) is 5.26 Å². The molecule has 1 unspecified atom stereocenters. The molecule has 2 aliphatic rings. The van der Waals surface area contributed by atoms with Gasteiger partial charge in [0.25, 0.3) is 0 Å². The minimum Gasteiger partial charge on any atom is -0.460 e. The number of esters is 1. The van der Waals surface area contributed by atoms with Crippen molar-refractivity contribution in [2.75, 3.05) is 0 Å². The van der Waals surface area contributed by atoms with Crippen LogP contribution in [0.4, 0.5) is 0 Å². The van der Waals surface area contributed by atoms with E-state index in [4.69, 9.17) is 4.74 Å². The lowest BCUT2D eigenvalue weighted by Gasteiger charge is -2.44. The van der Waals surface area contributed by atoms with Gasteiger partial charge in [0.1, 0.15) is 6.10 Å². The van der Waals surface area contributed by atoms with Crippen LogP contribution < -0.4 is 0 Å². The van der Waals surface area contributed by atoms with Crippen molar-refractivity contribution in [3.05, 3.63) is 59.9 Å². The number of hydrogen-bond acceptors (Lipinski definition) is 5. The Bertz CT molecular complexity index is 1020. The van der Waals surface area contributed by atoms with Crippen molar-refractivity contribution in [1.82, 2.24) is 4.98 Å². The molecule has 2 heterocycles. The summed E-state index contributed by atoms with van der Waals surface area (Å²) in [5.41, 5.74) is 1.75. The number of nitriles is 1. The van der Waals surface area contributed by atoms with Crippen LogP contribution in [0.25, 0.3) is 17.2 Å². The Kier molecular flexibility index (Phi) is 5.21. The number of rotatable bonds is 3. The van der Waals surface area contributed by atoms with E-state index in [1.807, 2.05) is 43.3 Å². The van der Waals surface area contributed by atoms with Crippen LogP contribution in [0, 0.1) is 35.0 Å². The topological polar surface area (TPSA) is 83.2 Å². The third-order valence-corrected chi connectivity index (χ3v) is 6.89. The summed E-state index contributed by atoms with van der Waals surface area (Å²) in [7, 11) is 0. The Morgan fingerprint density at radius 1 is 1.23 bits per heavy atom. The van der Waals surface area contributed by atoms with E-state index in [1.165, 1.54) is 0 Å². The van der Waals surface area contributed by atoms with Gasteiger partial charge in [0.15, 0.2) is 5.60 Å². The molecule has 2 fully saturated rings. The minimum atomic E-state index is -1.40. The first-order valence-corrected chi connectivity index (χ1v) is 10.4. The largest absolute Gasteiger partial charge is 0.460 e. The SMILES string of the molecule is C[C@H]1[C@H](/C=C/c2ccc(-c3ccccc3C#N)cn2)[C@@H]2[C@@H](C)OC(=O)C2(O)C[C@@H]1C. The molecule has 1 saturated carbocycles. The molecule has 5 nitrogen and oxygen atoms in total. The first-order valence-electron chi connectivity index (χ1n) is 10.4. The summed E-state index contributed by atoms with van der Waals surface area (Å²) in [5.74, 6) is -0.215. The fraction of sp³-hybridized carbons (Fsp3) is 0.400. The highest BCUT2D eigenvalue weighted by Crippen LogP contribution is 2.51. The summed E-state index contributed by atoms with van der Waals surface area (Å²) in [5, 5.41) is 20.4. The molecule has 1 N–H and O–H groups in total. The predicted octanol–water partition coefficient (Wildman–Crippen LogP) is 4.22. The molecule has 1 aliphatic heterocycles. The maximum atomic E-state index is 12.3. The molecule has 5 heteroatoms. The Balaban J connectivity index is 1.60. The second-order valence-corrected chi connectivity index (χ2v) is 8.67. The Morgan fingerprint density at radius 3 is 2.70 bits per heavy atom. The number of allylic oxidation sites excluding steroid dienone is 1. The van der Waals surface area contributed by atoms with Crippen LogP contribution >= 0.6 is 0 Å². The monoisotopic (exact) mass is 402 g/mol. The Morgan fingerprint density at radius 2 is 2.00 bits per heavy atom. The average molecular weight is 402 g/mol. The maximum Gasteiger partial charge on any atom is 0.338 e. The highest BCUT2D eigenvalue weighted by molar-refractivity contribution is 5.82. The normalized spacial score (nSPS) is 33.2. The number of aromatic nitrogens is 1. The van der Waals surface area contributed by atoms with Crippen molar-refractivity contribution in [2.45, 2.75) is 38.9 Å². The zero-order valence-corrected chi connectivity index (χ0v) is 17.4. The van der Waals surface area contributed by atoms with E-state index in [-0.39, 0.29) is 23.9 Å². The van der Waals surface area contributed by atoms with Crippen molar-refractivity contribution in [3.8, 4) is 17.2 Å². The lowest BCUT2D eigenvalue weighted by Crippen LogP contribution is -2.52. The lowest BCUT2D eigenvalue weighted by atomic mass is 9.60. The first-order chi connectivity index (χ1) is 14.3. The van der Waals surface area contributed by atoms with Crippen LogP contribution in [0.5, 0.6) is 0 Å². The number of aliphatic hydroxyl groups is 1. The molecule has 2 aromatic rings. The summed E-state index contributed by atoms with van der Waals surface area (Å²) in [6.07, 6.45) is 5.92. The van der Waals surface area contributed by atoms with Crippen LogP contribution in [0.2, 0.25) is 0 Å². The molecule has 6 atom stereocenters. The van der Waals surface area contributed by atoms with E-state index in [9.17, 15) is 15.2 Å². The number of benzene rings is 1. The van der Waals surface area contributed by atoms with E-state index >= 15 is 0 Å². The summed E-state index contributed by atoms with van der Waals surface area (Å²) in [6.45, 7) is 6.11. The number of carbonyl (C=O) groups is 1. The van der Waals surface area contributed by atoms with Crippen molar-refractivity contribution >= 4 is 12.0 Å². The van der Waals surface area contributed by atoms with E-state index in [1.54, 1.807) is 12.3 Å². The molecule has 1 aliphatic carbocycles. The van der Waals surface area contributed by atoms with Gasteiger partial charge in [-0.25, -0.2) is 4.79 Å². The number of fused-ring (bicyclic) bond motifs is 1. The Labute approximate surface area is 177 Å². The molecule has 0 radical (unpaired) electrons. The molecule has 0 spiro atoms. The van der Waals surface area contributed by atoms with Gasteiger partial charge in [-0.2, -0.15) is 5.26 Å². The average Bonchev–Trinajstić information content (AvgIpc) is 2.97. The fourth-order valence-electron chi connectivity index (χ4n) is 5.10. The van der Waals surface area contributed by atoms with Crippen molar-refractivity contribution < 1.29 is 14.6 Å². The zero-order chi connectivity index (χ0) is 21.5. The van der Waals surface area contributed by atoms with E-state index in [0.717, 1.165) is 16.8 Å². The van der Waals surface area contributed by atoms with E-state index < -0.39 is 11.6 Å². The van der Waals surface area contributed by atoms with E-state index in [0.29, 0.717) is 17.9 Å². The summed E-state index contributed by atoms with van der Waals surface area (Å²) in [4.78, 5) is 16.8. The quantitative estimate of drug-likeness (QED) is 0.777. The first kappa shape index (κ1) is 20.3. The van der Waals surface area contributed by atoms with Gasteiger partial charge in [-0.3, -0.25) is 4.98 Å². The number of carbonyl (C=O) groups excluding carboxylic acids is 1. The summed E-state index contributed by atoms with van der Waals surface area (Å²) in [6, 6.07) is 13.5. The second-order valence-electron chi connectivity index (χ2n) is 8.67. The van der Waals surface area contributed by atoms with Gasteiger partial charge in [-0.15, -0.1) is 0 Å². The van der Waals surface area contributed by atoms with Crippen molar-refractivity contribution in [2.24, 2.45) is 23.7 Å². The number of cyclic esters (lactones) is 1. The molecule has 30 heavy (non-hydrogen) atoms. The van der Waals surface area contributed by atoms with E-state index in [2.05, 4.69) is 31.0 Å². The van der Waals surface area contributed by atoms with Crippen LogP contribution in [-0.2, 0) is 9.53 Å². The molecule has 154 valence electrons. The van der Waals surface area contributed by atoms with Gasteiger partial charge in [0, 0.05) is 23.2 Å². The third kappa shape index (κ3) is 3.32. The molecular formula is C25H26N2O3. The summed E-state index contributed by atoms with van der Waals surface area (Å²) < 4.78 is 5.41. The van der Waals surface area contributed by atoms with Gasteiger partial charge < -0.3 is 9.84 Å². The van der Waals surface area contributed by atoms with Gasteiger partial charge in [0.2, 0.25) is 0 Å². The minimum absolute atomic E-state index is 0.0148. The van der Waals surface area contributed by atoms with Crippen molar-refractivity contribution in [3.63, 3.8) is 0 Å². The second kappa shape index (κ2) is 7.70. The van der Waals surface area contributed by atoms with Gasteiger partial charge in [-0.05, 0) is 49.3 Å². The number of pyridine rings is 1. The Hall–Kier alpha value is -2.97. The number of ether oxygens (including phenoxy) is 1. The van der Waals surface area contributed by atoms with Crippen LogP contribution in [0.1, 0.15) is 38.4 Å². The number of nitrogens with zero attached hydrogens (tertiary/aromatic N) is 2. The molecule has 1 aromatic heterocycles. The van der Waals surface area contributed by atoms with Gasteiger partial charge in [-0.1, -0.05) is 44.2 Å². The fourth-order valence-corrected chi connectivity index (χ4v) is 5.10. The van der Waals surface area contributed by atoms with Gasteiger partial charge >= 0.3 is 5.97 Å². The molecule has 0 amide bonds. The molecular weight excluding hydrogens is 376 g/mol. The predicted molar refractivity (Wildman–Crippen MR) is 114 cm³/mol. The molecule has 1 saturated heterocycles. The third-order valence-electron chi connectivity index (χ3n) is 6.89. The number of hydrogen-bond donors (Lipinski definition) is 1. The maximum absolute atomic E-state index is 12.3. The zero-order valence-electron chi connectivity index (χ0n) is 17.4. The molecule has 1 aromatic carbocycles. The smallest absolute Gasteiger partial charge is 0.338 e. The van der Waals surface area contributed by atoms with Crippen LogP contribution in [-0.4, -0.2) is 27.8 Å². The highest BCUT2D eigenvalue weighted by atomic mass is 16.6. The summed E-state index contributed by atoms with van der Waals surface area (Å²) >= 11 is 0. The van der Waals surface area contributed by atoms with Crippen LogP contribution in [0.15, 0.2) is 48.7 Å². The highest BCUT2D eigenvalue weighted by Gasteiger charge is 2.61. The van der Waals surface area contributed by atoms with Gasteiger partial charge in [0.05, 0.1) is 17.3 Å². The lowest BCUT2D eigenvalue weighted by molar-refractivity contribution is -0.160. The standard InChI is InChI=1S/C25H26N2O3/c1-15-12-25(29)23(17(3)30-24(25)28)21(16(15)2)11-10-20-9-8-19(14-27-20)22-7-5-4-6-18(22)13-26/h4-11,14-17,21,23,29H,12H2,1-3H3/b11-10+/t15-,16+,17+,21-,23-,25?/m0/s1. The molecule has 4 rings (SSSR count). The molecule has 0 bridgehead atoms.